The van der Waals surface area contributed by atoms with Crippen LogP contribution in [-0.2, 0) is 6.42 Å². The van der Waals surface area contributed by atoms with E-state index in [-0.39, 0.29) is 10.6 Å². The van der Waals surface area contributed by atoms with E-state index in [0.717, 1.165) is 25.8 Å². The summed E-state index contributed by atoms with van der Waals surface area (Å²) >= 11 is 5.92. The minimum atomic E-state index is -0.341. The van der Waals surface area contributed by atoms with Crippen LogP contribution >= 0.6 is 11.6 Å². The first-order valence-electron chi connectivity index (χ1n) is 6.74. The Balaban J connectivity index is 2.70. The fourth-order valence-corrected chi connectivity index (χ4v) is 2.26. The molecule has 1 N–H and O–H groups in total. The predicted molar refractivity (Wildman–Crippen MR) is 78.8 cm³/mol. The molecule has 0 aromatic heterocycles. The van der Waals surface area contributed by atoms with E-state index in [2.05, 4.69) is 19.2 Å². The highest BCUT2D eigenvalue weighted by atomic mass is 35.5. The summed E-state index contributed by atoms with van der Waals surface area (Å²) in [5, 5.41) is 15.0. The van der Waals surface area contributed by atoms with Gasteiger partial charge in [-0.05, 0) is 44.4 Å². The minimum absolute atomic E-state index is 0.162. The Morgan fingerprint density at radius 3 is 2.74 bits per heavy atom. The Bertz CT molecular complexity index is 424. The number of halogens is 1. The van der Waals surface area contributed by atoms with Crippen LogP contribution in [0.2, 0.25) is 5.02 Å². The number of nitro benzene ring substituents is 1. The van der Waals surface area contributed by atoms with Crippen molar-refractivity contribution in [1.29, 1.82) is 0 Å². The maximum atomic E-state index is 11.0. The Hall–Kier alpha value is -1.13. The summed E-state index contributed by atoms with van der Waals surface area (Å²) in [5.41, 5.74) is 0.879. The van der Waals surface area contributed by atoms with Gasteiger partial charge in [0, 0.05) is 22.7 Å². The van der Waals surface area contributed by atoms with E-state index in [1.54, 1.807) is 12.1 Å². The molecular weight excluding hydrogens is 264 g/mol. The molecular formula is C14H21ClN2O2. The summed E-state index contributed by atoms with van der Waals surface area (Å²) in [6, 6.07) is 5.15. The van der Waals surface area contributed by atoms with Crippen molar-refractivity contribution in [3.63, 3.8) is 0 Å². The minimum Gasteiger partial charge on any atom is -0.314 e. The molecule has 106 valence electrons. The Morgan fingerprint density at radius 2 is 2.16 bits per heavy atom. The smallest absolute Gasteiger partial charge is 0.272 e. The third-order valence-corrected chi connectivity index (χ3v) is 3.41. The highest BCUT2D eigenvalue weighted by Gasteiger charge is 2.15. The zero-order chi connectivity index (χ0) is 14.3. The van der Waals surface area contributed by atoms with Gasteiger partial charge in [0.1, 0.15) is 0 Å². The van der Waals surface area contributed by atoms with E-state index in [1.165, 1.54) is 6.07 Å². The van der Waals surface area contributed by atoms with Crippen molar-refractivity contribution in [2.75, 3.05) is 6.54 Å². The molecule has 5 heteroatoms. The summed E-state index contributed by atoms with van der Waals surface area (Å²) < 4.78 is 0. The molecule has 0 saturated heterocycles. The van der Waals surface area contributed by atoms with Gasteiger partial charge in [0.2, 0.25) is 0 Å². The molecule has 1 unspecified atom stereocenters. The predicted octanol–water partition coefficient (Wildman–Crippen LogP) is 3.96. The number of nitro groups is 1. The van der Waals surface area contributed by atoms with Crippen molar-refractivity contribution < 1.29 is 4.92 Å². The third-order valence-electron chi connectivity index (χ3n) is 3.18. The molecule has 1 aromatic rings. The van der Waals surface area contributed by atoms with Crippen LogP contribution in [0.3, 0.4) is 0 Å². The van der Waals surface area contributed by atoms with Gasteiger partial charge in [-0.25, -0.2) is 0 Å². The van der Waals surface area contributed by atoms with Gasteiger partial charge < -0.3 is 5.32 Å². The largest absolute Gasteiger partial charge is 0.314 e. The van der Waals surface area contributed by atoms with Crippen molar-refractivity contribution in [3.8, 4) is 0 Å². The number of hydrogen-bond donors (Lipinski definition) is 1. The number of nitrogens with zero attached hydrogens (tertiary/aromatic N) is 1. The van der Waals surface area contributed by atoms with E-state index in [9.17, 15) is 10.1 Å². The number of hydrogen-bond acceptors (Lipinski definition) is 3. The Morgan fingerprint density at radius 1 is 1.42 bits per heavy atom. The second-order valence-electron chi connectivity index (χ2n) is 4.63. The first kappa shape index (κ1) is 15.9. The maximum absolute atomic E-state index is 11.0. The van der Waals surface area contributed by atoms with E-state index in [4.69, 9.17) is 11.6 Å². The number of benzene rings is 1. The average Bonchev–Trinajstić information content (AvgIpc) is 2.38. The van der Waals surface area contributed by atoms with Crippen LogP contribution in [0.5, 0.6) is 0 Å². The summed E-state index contributed by atoms with van der Waals surface area (Å²) in [6.07, 6.45) is 3.67. The van der Waals surface area contributed by atoms with Crippen LogP contribution in [0.4, 0.5) is 5.69 Å². The molecule has 0 radical (unpaired) electrons. The second kappa shape index (κ2) is 8.12. The molecule has 0 fully saturated rings. The summed E-state index contributed by atoms with van der Waals surface area (Å²) in [4.78, 5) is 10.6. The zero-order valence-electron chi connectivity index (χ0n) is 11.5. The summed E-state index contributed by atoms with van der Waals surface area (Å²) in [6.45, 7) is 5.23. The lowest BCUT2D eigenvalue weighted by Gasteiger charge is -2.16. The highest BCUT2D eigenvalue weighted by Crippen LogP contribution is 2.24. The number of nitrogens with one attached hydrogen (secondary N) is 1. The molecule has 0 aliphatic heterocycles. The molecule has 0 spiro atoms. The summed E-state index contributed by atoms with van der Waals surface area (Å²) in [5.74, 6) is 0. The normalized spacial score (nSPS) is 12.4. The fourth-order valence-electron chi connectivity index (χ4n) is 2.06. The molecule has 0 aliphatic carbocycles. The van der Waals surface area contributed by atoms with Gasteiger partial charge in [-0.2, -0.15) is 0 Å². The van der Waals surface area contributed by atoms with Crippen molar-refractivity contribution >= 4 is 17.3 Å². The van der Waals surface area contributed by atoms with Gasteiger partial charge >= 0.3 is 0 Å². The number of aryl methyl sites for hydroxylation is 1. The molecule has 0 heterocycles. The first-order valence-corrected chi connectivity index (χ1v) is 7.12. The van der Waals surface area contributed by atoms with Crippen LogP contribution in [0.15, 0.2) is 18.2 Å². The first-order chi connectivity index (χ1) is 9.08. The van der Waals surface area contributed by atoms with E-state index >= 15 is 0 Å². The van der Waals surface area contributed by atoms with Gasteiger partial charge in [0.15, 0.2) is 0 Å². The summed E-state index contributed by atoms with van der Waals surface area (Å²) in [7, 11) is 0. The zero-order valence-corrected chi connectivity index (χ0v) is 12.2. The van der Waals surface area contributed by atoms with Crippen LogP contribution in [-0.4, -0.2) is 17.5 Å². The molecule has 0 amide bonds. The lowest BCUT2D eigenvalue weighted by Crippen LogP contribution is -2.29. The van der Waals surface area contributed by atoms with Crippen molar-refractivity contribution in [1.82, 2.24) is 5.32 Å². The molecule has 4 nitrogen and oxygen atoms in total. The van der Waals surface area contributed by atoms with Gasteiger partial charge in [-0.15, -0.1) is 0 Å². The van der Waals surface area contributed by atoms with Crippen LogP contribution in [0, 0.1) is 10.1 Å². The standard InChI is InChI=1S/C14H21ClN2O2/c1-3-9-16-13(4-2)7-5-11-10-12(15)6-8-14(11)17(18)19/h6,8,10,13,16H,3-5,7,9H2,1-2H3. The van der Waals surface area contributed by atoms with Crippen LogP contribution in [0.1, 0.15) is 38.7 Å². The van der Waals surface area contributed by atoms with Gasteiger partial charge in [-0.1, -0.05) is 25.4 Å². The van der Waals surface area contributed by atoms with Gasteiger partial charge in [-0.3, -0.25) is 10.1 Å². The lowest BCUT2D eigenvalue weighted by atomic mass is 10.0. The van der Waals surface area contributed by atoms with E-state index < -0.39 is 0 Å². The fraction of sp³-hybridized carbons (Fsp3) is 0.571. The van der Waals surface area contributed by atoms with Crippen molar-refractivity contribution in [2.24, 2.45) is 0 Å². The molecule has 19 heavy (non-hydrogen) atoms. The van der Waals surface area contributed by atoms with Crippen LogP contribution < -0.4 is 5.32 Å². The molecule has 1 atom stereocenters. The average molecular weight is 285 g/mol. The molecule has 0 saturated carbocycles. The quantitative estimate of drug-likeness (QED) is 0.581. The molecule has 0 bridgehead atoms. The Labute approximate surface area is 119 Å². The molecule has 1 rings (SSSR count). The second-order valence-corrected chi connectivity index (χ2v) is 5.06. The topological polar surface area (TPSA) is 55.2 Å². The molecule has 1 aromatic carbocycles. The van der Waals surface area contributed by atoms with Gasteiger partial charge in [0.05, 0.1) is 4.92 Å². The maximum Gasteiger partial charge on any atom is 0.272 e. The van der Waals surface area contributed by atoms with Crippen molar-refractivity contribution in [2.45, 2.75) is 45.6 Å². The van der Waals surface area contributed by atoms with Crippen molar-refractivity contribution in [3.05, 3.63) is 38.9 Å². The SMILES string of the molecule is CCCNC(CC)CCc1cc(Cl)ccc1[N+](=O)[O-]. The highest BCUT2D eigenvalue weighted by molar-refractivity contribution is 6.30. The van der Waals surface area contributed by atoms with E-state index in [0.29, 0.717) is 23.0 Å². The lowest BCUT2D eigenvalue weighted by molar-refractivity contribution is -0.385. The monoisotopic (exact) mass is 284 g/mol. The van der Waals surface area contributed by atoms with Gasteiger partial charge in [0.25, 0.3) is 5.69 Å². The van der Waals surface area contributed by atoms with E-state index in [1.807, 2.05) is 0 Å². The number of rotatable bonds is 8. The van der Waals surface area contributed by atoms with Crippen LogP contribution in [0.25, 0.3) is 0 Å². The molecule has 0 aliphatic rings. The Kier molecular flexibility index (Phi) is 6.81. The third kappa shape index (κ3) is 5.17.